The Morgan fingerprint density at radius 2 is 2.33 bits per heavy atom. The van der Waals surface area contributed by atoms with Gasteiger partial charge in [-0.2, -0.15) is 0 Å². The van der Waals surface area contributed by atoms with Crippen molar-refractivity contribution in [3.05, 3.63) is 35.5 Å². The fourth-order valence-corrected chi connectivity index (χ4v) is 1.80. The molecular formula is C12H12N2O4. The molecule has 18 heavy (non-hydrogen) atoms. The van der Waals surface area contributed by atoms with Crippen LogP contribution in [0.5, 0.6) is 11.5 Å². The van der Waals surface area contributed by atoms with Crippen LogP contribution in [0.1, 0.15) is 23.4 Å². The number of ether oxygens (including phenoxy) is 2. The van der Waals surface area contributed by atoms with Gasteiger partial charge in [0.05, 0.1) is 0 Å². The topological polar surface area (TPSA) is 77.6 Å². The zero-order chi connectivity index (χ0) is 12.5. The molecule has 1 atom stereocenters. The van der Waals surface area contributed by atoms with Crippen LogP contribution in [0.3, 0.4) is 0 Å². The number of fused-ring (bicyclic) bond motifs is 1. The number of nitrogens with zero attached hydrogens (tertiary/aromatic N) is 2. The number of aliphatic hydroxyl groups is 1. The first-order valence-electron chi connectivity index (χ1n) is 5.59. The predicted molar refractivity (Wildman–Crippen MR) is 60.3 cm³/mol. The minimum absolute atomic E-state index is 0.210. The molecule has 0 bridgehead atoms. The SMILES string of the molecule is Cc1nnc(COc2ccc3c(c2)OCC3O)o1. The third-order valence-corrected chi connectivity index (χ3v) is 2.67. The maximum absolute atomic E-state index is 9.58. The summed E-state index contributed by atoms with van der Waals surface area (Å²) < 4.78 is 16.0. The van der Waals surface area contributed by atoms with E-state index in [1.807, 2.05) is 0 Å². The highest BCUT2D eigenvalue weighted by atomic mass is 16.5. The Kier molecular flexibility index (Phi) is 2.64. The Morgan fingerprint density at radius 1 is 1.44 bits per heavy atom. The Morgan fingerprint density at radius 3 is 3.11 bits per heavy atom. The van der Waals surface area contributed by atoms with E-state index in [4.69, 9.17) is 13.9 Å². The lowest BCUT2D eigenvalue weighted by Gasteiger charge is -2.05. The van der Waals surface area contributed by atoms with Crippen molar-refractivity contribution in [2.24, 2.45) is 0 Å². The van der Waals surface area contributed by atoms with E-state index in [1.54, 1.807) is 25.1 Å². The van der Waals surface area contributed by atoms with Crippen molar-refractivity contribution in [1.29, 1.82) is 0 Å². The highest BCUT2D eigenvalue weighted by Gasteiger charge is 2.22. The lowest BCUT2D eigenvalue weighted by molar-refractivity contribution is 0.140. The van der Waals surface area contributed by atoms with Crippen molar-refractivity contribution in [2.45, 2.75) is 19.6 Å². The normalized spacial score (nSPS) is 17.3. The molecule has 6 heteroatoms. The minimum atomic E-state index is -0.548. The van der Waals surface area contributed by atoms with Crippen molar-refractivity contribution in [1.82, 2.24) is 10.2 Å². The monoisotopic (exact) mass is 248 g/mol. The number of hydrogen-bond donors (Lipinski definition) is 1. The molecule has 6 nitrogen and oxygen atoms in total. The number of benzene rings is 1. The smallest absolute Gasteiger partial charge is 0.253 e. The van der Waals surface area contributed by atoms with Gasteiger partial charge in [0.2, 0.25) is 5.89 Å². The van der Waals surface area contributed by atoms with Crippen molar-refractivity contribution >= 4 is 0 Å². The van der Waals surface area contributed by atoms with Gasteiger partial charge < -0.3 is 19.0 Å². The summed E-state index contributed by atoms with van der Waals surface area (Å²) >= 11 is 0. The quantitative estimate of drug-likeness (QED) is 0.884. The molecule has 94 valence electrons. The molecule has 1 aromatic carbocycles. The van der Waals surface area contributed by atoms with Crippen LogP contribution in [0.4, 0.5) is 0 Å². The van der Waals surface area contributed by atoms with Crippen LogP contribution in [0, 0.1) is 6.92 Å². The summed E-state index contributed by atoms with van der Waals surface area (Å²) in [6.07, 6.45) is -0.548. The molecule has 0 aliphatic carbocycles. The summed E-state index contributed by atoms with van der Waals surface area (Å²) in [5.74, 6) is 2.23. The van der Waals surface area contributed by atoms with Crippen molar-refractivity contribution < 1.29 is 19.0 Å². The third-order valence-electron chi connectivity index (χ3n) is 2.67. The summed E-state index contributed by atoms with van der Waals surface area (Å²) in [4.78, 5) is 0. The van der Waals surface area contributed by atoms with Gasteiger partial charge in [-0.15, -0.1) is 10.2 Å². The minimum Gasteiger partial charge on any atom is -0.490 e. The highest BCUT2D eigenvalue weighted by molar-refractivity contribution is 5.44. The molecule has 1 aliphatic rings. The van der Waals surface area contributed by atoms with E-state index in [0.717, 1.165) is 5.56 Å². The van der Waals surface area contributed by atoms with Crippen molar-refractivity contribution in [2.75, 3.05) is 6.61 Å². The maximum atomic E-state index is 9.58. The highest BCUT2D eigenvalue weighted by Crippen LogP contribution is 2.35. The van der Waals surface area contributed by atoms with Gasteiger partial charge in [-0.25, -0.2) is 0 Å². The van der Waals surface area contributed by atoms with E-state index in [1.165, 1.54) is 0 Å². The molecule has 0 saturated heterocycles. The largest absolute Gasteiger partial charge is 0.490 e. The first-order valence-corrected chi connectivity index (χ1v) is 5.59. The van der Waals surface area contributed by atoms with Gasteiger partial charge in [0.15, 0.2) is 6.61 Å². The fraction of sp³-hybridized carbons (Fsp3) is 0.333. The molecule has 0 amide bonds. The second-order valence-corrected chi connectivity index (χ2v) is 4.03. The average Bonchev–Trinajstić information content (AvgIpc) is 2.94. The van der Waals surface area contributed by atoms with E-state index >= 15 is 0 Å². The standard InChI is InChI=1S/C12H12N2O4/c1-7-13-14-12(18-7)6-16-8-2-3-9-10(15)5-17-11(9)4-8/h2-4,10,15H,5-6H2,1H3. The van der Waals surface area contributed by atoms with Crippen LogP contribution in [-0.4, -0.2) is 21.9 Å². The van der Waals surface area contributed by atoms with Gasteiger partial charge in [-0.3, -0.25) is 0 Å². The van der Waals surface area contributed by atoms with E-state index in [9.17, 15) is 5.11 Å². The molecule has 1 aromatic heterocycles. The second-order valence-electron chi connectivity index (χ2n) is 4.03. The molecule has 2 aromatic rings. The summed E-state index contributed by atoms with van der Waals surface area (Å²) in [6, 6.07) is 5.32. The molecule has 3 rings (SSSR count). The lowest BCUT2D eigenvalue weighted by Crippen LogP contribution is -1.97. The number of aliphatic hydroxyl groups excluding tert-OH is 1. The first-order chi connectivity index (χ1) is 8.72. The molecule has 0 fully saturated rings. The summed E-state index contributed by atoms with van der Waals surface area (Å²) in [6.45, 7) is 2.23. The predicted octanol–water partition coefficient (Wildman–Crippen LogP) is 1.38. The fourth-order valence-electron chi connectivity index (χ4n) is 1.80. The van der Waals surface area contributed by atoms with Gasteiger partial charge in [0, 0.05) is 18.6 Å². The Balaban J connectivity index is 1.70. The van der Waals surface area contributed by atoms with Gasteiger partial charge in [-0.1, -0.05) is 0 Å². The van der Waals surface area contributed by atoms with E-state index in [-0.39, 0.29) is 6.61 Å². The van der Waals surface area contributed by atoms with Gasteiger partial charge >= 0.3 is 0 Å². The van der Waals surface area contributed by atoms with Crippen LogP contribution < -0.4 is 9.47 Å². The second kappa shape index (κ2) is 4.30. The molecule has 1 N–H and O–H groups in total. The van der Waals surface area contributed by atoms with E-state index in [0.29, 0.717) is 29.9 Å². The number of aryl methyl sites for hydroxylation is 1. The molecule has 0 radical (unpaired) electrons. The lowest BCUT2D eigenvalue weighted by atomic mass is 10.1. The molecule has 2 heterocycles. The summed E-state index contributed by atoms with van der Waals surface area (Å²) in [5, 5.41) is 17.1. The third kappa shape index (κ3) is 2.02. The number of rotatable bonds is 3. The van der Waals surface area contributed by atoms with Crippen LogP contribution >= 0.6 is 0 Å². The molecule has 1 aliphatic heterocycles. The first kappa shape index (κ1) is 11.0. The number of hydrogen-bond acceptors (Lipinski definition) is 6. The Hall–Kier alpha value is -2.08. The zero-order valence-electron chi connectivity index (χ0n) is 9.79. The van der Waals surface area contributed by atoms with E-state index in [2.05, 4.69) is 10.2 Å². The zero-order valence-corrected chi connectivity index (χ0v) is 9.79. The maximum Gasteiger partial charge on any atom is 0.253 e. The number of aromatic nitrogens is 2. The average molecular weight is 248 g/mol. The van der Waals surface area contributed by atoms with Crippen LogP contribution in [0.15, 0.2) is 22.6 Å². The summed E-state index contributed by atoms with van der Waals surface area (Å²) in [7, 11) is 0. The van der Waals surface area contributed by atoms with Gasteiger partial charge in [0.25, 0.3) is 5.89 Å². The molecule has 1 unspecified atom stereocenters. The Bertz CT molecular complexity index is 567. The molecular weight excluding hydrogens is 236 g/mol. The van der Waals surface area contributed by atoms with Gasteiger partial charge in [0.1, 0.15) is 24.2 Å². The van der Waals surface area contributed by atoms with Crippen LogP contribution in [-0.2, 0) is 6.61 Å². The summed E-state index contributed by atoms with van der Waals surface area (Å²) in [5.41, 5.74) is 0.788. The van der Waals surface area contributed by atoms with Crippen LogP contribution in [0.25, 0.3) is 0 Å². The van der Waals surface area contributed by atoms with E-state index < -0.39 is 6.10 Å². The molecule has 0 saturated carbocycles. The molecule has 0 spiro atoms. The van der Waals surface area contributed by atoms with Crippen LogP contribution in [0.2, 0.25) is 0 Å². The van der Waals surface area contributed by atoms with Crippen molar-refractivity contribution in [3.63, 3.8) is 0 Å². The van der Waals surface area contributed by atoms with Gasteiger partial charge in [-0.05, 0) is 12.1 Å². The van der Waals surface area contributed by atoms with Crippen molar-refractivity contribution in [3.8, 4) is 11.5 Å². The Labute approximate surface area is 103 Å².